The third-order valence-corrected chi connectivity index (χ3v) is 3.50. The van der Waals surface area contributed by atoms with Gasteiger partial charge in [-0.15, -0.1) is 12.4 Å². The van der Waals surface area contributed by atoms with Gasteiger partial charge in [0.2, 0.25) is 17.7 Å². The Bertz CT molecular complexity index is 561. The minimum atomic E-state index is -0.140. The van der Waals surface area contributed by atoms with Crippen molar-refractivity contribution in [1.29, 1.82) is 0 Å². The van der Waals surface area contributed by atoms with Crippen LogP contribution < -0.4 is 10.6 Å². The molecule has 0 radical (unpaired) electrons. The van der Waals surface area contributed by atoms with E-state index in [1.54, 1.807) is 31.4 Å². The molecule has 24 heavy (non-hydrogen) atoms. The number of hydrogen-bond acceptors (Lipinski definition) is 5. The molecule has 0 aromatic heterocycles. The van der Waals surface area contributed by atoms with E-state index in [2.05, 4.69) is 10.6 Å². The first-order valence-corrected chi connectivity index (χ1v) is 7.52. The van der Waals surface area contributed by atoms with E-state index in [4.69, 9.17) is 4.74 Å². The highest BCUT2D eigenvalue weighted by atomic mass is 35.5. The second-order valence-corrected chi connectivity index (χ2v) is 5.29. The molecular weight excluding hydrogens is 334 g/mol. The van der Waals surface area contributed by atoms with Crippen LogP contribution in [0.15, 0.2) is 24.3 Å². The SMILES string of the molecule is COCCNCC(=O)Nc1ccc(CN2C(=O)CCC2=O)cc1.Cl. The van der Waals surface area contributed by atoms with Crippen molar-refractivity contribution >= 4 is 35.8 Å². The Balaban J connectivity index is 0.00000288. The van der Waals surface area contributed by atoms with Crippen molar-refractivity contribution in [3.63, 3.8) is 0 Å². The number of imide groups is 1. The Kier molecular flexibility index (Phi) is 8.39. The van der Waals surface area contributed by atoms with Gasteiger partial charge in [0.1, 0.15) is 0 Å². The smallest absolute Gasteiger partial charge is 0.238 e. The number of nitrogens with one attached hydrogen (secondary N) is 2. The van der Waals surface area contributed by atoms with Gasteiger partial charge < -0.3 is 15.4 Å². The van der Waals surface area contributed by atoms with E-state index in [0.29, 0.717) is 31.7 Å². The molecule has 8 heteroatoms. The van der Waals surface area contributed by atoms with E-state index in [-0.39, 0.29) is 43.2 Å². The molecule has 7 nitrogen and oxygen atoms in total. The fourth-order valence-electron chi connectivity index (χ4n) is 2.26. The molecule has 1 saturated heterocycles. The maximum Gasteiger partial charge on any atom is 0.238 e. The molecule has 1 aliphatic heterocycles. The monoisotopic (exact) mass is 355 g/mol. The maximum absolute atomic E-state index is 11.7. The molecule has 3 amide bonds. The molecule has 1 aliphatic rings. The average molecular weight is 356 g/mol. The summed E-state index contributed by atoms with van der Waals surface area (Å²) in [5.74, 6) is -0.400. The lowest BCUT2D eigenvalue weighted by Gasteiger charge is -2.14. The van der Waals surface area contributed by atoms with Crippen molar-refractivity contribution in [3.8, 4) is 0 Å². The van der Waals surface area contributed by atoms with Crippen LogP contribution >= 0.6 is 12.4 Å². The first kappa shape index (κ1) is 20.1. The summed E-state index contributed by atoms with van der Waals surface area (Å²) in [6.45, 7) is 1.66. The van der Waals surface area contributed by atoms with Crippen LogP contribution in [0.25, 0.3) is 0 Å². The van der Waals surface area contributed by atoms with Crippen molar-refractivity contribution < 1.29 is 19.1 Å². The van der Waals surface area contributed by atoms with Gasteiger partial charge in [0.25, 0.3) is 0 Å². The number of carbonyl (C=O) groups excluding carboxylic acids is 3. The number of rotatable bonds is 8. The number of methoxy groups -OCH3 is 1. The highest BCUT2D eigenvalue weighted by molar-refractivity contribution is 6.01. The number of nitrogens with zero attached hydrogens (tertiary/aromatic N) is 1. The minimum Gasteiger partial charge on any atom is -0.383 e. The van der Waals surface area contributed by atoms with Crippen LogP contribution in [0.4, 0.5) is 5.69 Å². The van der Waals surface area contributed by atoms with E-state index in [0.717, 1.165) is 5.56 Å². The van der Waals surface area contributed by atoms with Gasteiger partial charge in [-0.25, -0.2) is 0 Å². The number of hydrogen-bond donors (Lipinski definition) is 2. The van der Waals surface area contributed by atoms with Gasteiger partial charge in [-0.2, -0.15) is 0 Å². The van der Waals surface area contributed by atoms with Gasteiger partial charge in [-0.05, 0) is 17.7 Å². The number of carbonyl (C=O) groups is 3. The summed E-state index contributed by atoms with van der Waals surface area (Å²) in [4.78, 5) is 36.1. The molecule has 0 aliphatic carbocycles. The van der Waals surface area contributed by atoms with Crippen LogP contribution in [0.3, 0.4) is 0 Å². The molecule has 0 atom stereocenters. The van der Waals surface area contributed by atoms with Gasteiger partial charge in [0, 0.05) is 32.2 Å². The van der Waals surface area contributed by atoms with Gasteiger partial charge in [0.05, 0.1) is 19.7 Å². The lowest BCUT2D eigenvalue weighted by atomic mass is 10.2. The van der Waals surface area contributed by atoms with Crippen molar-refractivity contribution in [3.05, 3.63) is 29.8 Å². The standard InChI is InChI=1S/C16H21N3O4.ClH/c1-23-9-8-17-10-14(20)18-13-4-2-12(3-5-13)11-19-15(21)6-7-16(19)22;/h2-5,17H,6-11H2,1H3,(H,18,20);1H. The third kappa shape index (κ3) is 5.92. The second-order valence-electron chi connectivity index (χ2n) is 5.29. The lowest BCUT2D eigenvalue weighted by Crippen LogP contribution is -2.30. The Morgan fingerprint density at radius 1 is 1.17 bits per heavy atom. The number of halogens is 1. The Morgan fingerprint density at radius 2 is 1.79 bits per heavy atom. The van der Waals surface area contributed by atoms with Crippen molar-refractivity contribution in [2.75, 3.05) is 32.1 Å². The predicted molar refractivity (Wildman–Crippen MR) is 91.9 cm³/mol. The molecule has 0 bridgehead atoms. The first-order valence-electron chi connectivity index (χ1n) is 7.52. The molecular formula is C16H22ClN3O4. The van der Waals surface area contributed by atoms with Gasteiger partial charge in [-0.1, -0.05) is 12.1 Å². The van der Waals surface area contributed by atoms with E-state index < -0.39 is 0 Å². The van der Waals surface area contributed by atoms with E-state index >= 15 is 0 Å². The quantitative estimate of drug-likeness (QED) is 0.535. The van der Waals surface area contributed by atoms with Crippen molar-refractivity contribution in [2.45, 2.75) is 19.4 Å². The van der Waals surface area contributed by atoms with E-state index in [1.807, 2.05) is 0 Å². The minimum absolute atomic E-state index is 0. The van der Waals surface area contributed by atoms with Crippen LogP contribution in [0.2, 0.25) is 0 Å². The van der Waals surface area contributed by atoms with Crippen LogP contribution in [-0.4, -0.2) is 49.4 Å². The average Bonchev–Trinajstić information content (AvgIpc) is 2.85. The number of amides is 3. The van der Waals surface area contributed by atoms with Crippen LogP contribution in [0, 0.1) is 0 Å². The molecule has 132 valence electrons. The molecule has 1 heterocycles. The van der Waals surface area contributed by atoms with Gasteiger partial charge >= 0.3 is 0 Å². The summed E-state index contributed by atoms with van der Waals surface area (Å²) < 4.78 is 4.88. The van der Waals surface area contributed by atoms with Crippen LogP contribution in [0.1, 0.15) is 18.4 Å². The molecule has 0 spiro atoms. The Labute approximate surface area is 147 Å². The summed E-state index contributed by atoms with van der Waals surface area (Å²) in [6.07, 6.45) is 0.589. The molecule has 0 saturated carbocycles. The molecule has 2 rings (SSSR count). The second kappa shape index (κ2) is 10.0. The highest BCUT2D eigenvalue weighted by Crippen LogP contribution is 2.17. The molecule has 2 N–H and O–H groups in total. The summed E-state index contributed by atoms with van der Waals surface area (Å²) in [6, 6.07) is 7.11. The van der Waals surface area contributed by atoms with Crippen LogP contribution in [0.5, 0.6) is 0 Å². The van der Waals surface area contributed by atoms with Gasteiger partial charge in [-0.3, -0.25) is 19.3 Å². The summed E-state index contributed by atoms with van der Waals surface area (Å²) in [5, 5.41) is 5.72. The topological polar surface area (TPSA) is 87.7 Å². The molecule has 1 aromatic rings. The first-order chi connectivity index (χ1) is 11.1. The summed E-state index contributed by atoms with van der Waals surface area (Å²) in [5.41, 5.74) is 1.52. The zero-order valence-electron chi connectivity index (χ0n) is 13.5. The Morgan fingerprint density at radius 3 is 2.38 bits per heavy atom. The largest absolute Gasteiger partial charge is 0.383 e. The zero-order valence-corrected chi connectivity index (χ0v) is 14.4. The fraction of sp³-hybridized carbons (Fsp3) is 0.438. The highest BCUT2D eigenvalue weighted by Gasteiger charge is 2.28. The summed E-state index contributed by atoms with van der Waals surface area (Å²) >= 11 is 0. The zero-order chi connectivity index (χ0) is 16.7. The van der Waals surface area contributed by atoms with Crippen LogP contribution in [-0.2, 0) is 25.7 Å². The predicted octanol–water partition coefficient (Wildman–Crippen LogP) is 0.932. The van der Waals surface area contributed by atoms with Gasteiger partial charge in [0.15, 0.2) is 0 Å². The molecule has 1 fully saturated rings. The number of anilines is 1. The lowest BCUT2D eigenvalue weighted by molar-refractivity contribution is -0.139. The van der Waals surface area contributed by atoms with E-state index in [9.17, 15) is 14.4 Å². The summed E-state index contributed by atoms with van der Waals surface area (Å²) in [7, 11) is 1.60. The number of likely N-dealkylation sites (tertiary alicyclic amines) is 1. The normalized spacial score (nSPS) is 13.8. The van der Waals surface area contributed by atoms with Crippen molar-refractivity contribution in [1.82, 2.24) is 10.2 Å². The fourth-order valence-corrected chi connectivity index (χ4v) is 2.26. The Hall–Kier alpha value is -1.96. The number of ether oxygens (including phenoxy) is 1. The van der Waals surface area contributed by atoms with Crippen molar-refractivity contribution in [2.24, 2.45) is 0 Å². The van der Waals surface area contributed by atoms with E-state index in [1.165, 1.54) is 4.90 Å². The molecule has 0 unspecified atom stereocenters. The number of benzene rings is 1. The maximum atomic E-state index is 11.7. The third-order valence-electron chi connectivity index (χ3n) is 3.50. The molecule has 1 aromatic carbocycles.